The maximum Gasteiger partial charge on any atom is 0.123 e. The molecule has 0 spiro atoms. The van der Waals surface area contributed by atoms with Crippen LogP contribution in [-0.4, -0.2) is 43.2 Å². The second-order valence-corrected chi connectivity index (χ2v) is 5.67. The van der Waals surface area contributed by atoms with Gasteiger partial charge in [-0.05, 0) is 44.1 Å². The molecule has 0 amide bonds. The summed E-state index contributed by atoms with van der Waals surface area (Å²) in [5.41, 5.74) is 1.36. The predicted molar refractivity (Wildman–Crippen MR) is 77.7 cm³/mol. The molecule has 104 valence electrons. The molecule has 1 N–H and O–H groups in total. The second-order valence-electron chi connectivity index (χ2n) is 5.67. The SMILES string of the molecule is CCN1CCC(NCC2Cc3ccccc3O2)CC1. The quantitative estimate of drug-likeness (QED) is 0.897. The highest BCUT2D eigenvalue weighted by atomic mass is 16.5. The Morgan fingerprint density at radius 2 is 2.05 bits per heavy atom. The number of piperidine rings is 1. The van der Waals surface area contributed by atoms with Crippen molar-refractivity contribution in [2.24, 2.45) is 0 Å². The van der Waals surface area contributed by atoms with Gasteiger partial charge in [0.15, 0.2) is 0 Å². The third-order valence-corrected chi connectivity index (χ3v) is 4.38. The van der Waals surface area contributed by atoms with E-state index in [0.29, 0.717) is 12.1 Å². The third kappa shape index (κ3) is 3.10. The van der Waals surface area contributed by atoms with Crippen molar-refractivity contribution < 1.29 is 4.74 Å². The van der Waals surface area contributed by atoms with Gasteiger partial charge in [-0.25, -0.2) is 0 Å². The van der Waals surface area contributed by atoms with Crippen molar-refractivity contribution in [2.75, 3.05) is 26.2 Å². The van der Waals surface area contributed by atoms with E-state index >= 15 is 0 Å². The number of nitrogens with zero attached hydrogens (tertiary/aromatic N) is 1. The Balaban J connectivity index is 1.43. The van der Waals surface area contributed by atoms with Gasteiger partial charge in [-0.1, -0.05) is 25.1 Å². The van der Waals surface area contributed by atoms with Crippen molar-refractivity contribution >= 4 is 0 Å². The van der Waals surface area contributed by atoms with Crippen molar-refractivity contribution in [3.8, 4) is 5.75 Å². The smallest absolute Gasteiger partial charge is 0.123 e. The lowest BCUT2D eigenvalue weighted by molar-refractivity contribution is 0.182. The number of rotatable bonds is 4. The molecular formula is C16H24N2O. The van der Waals surface area contributed by atoms with Crippen LogP contribution < -0.4 is 10.1 Å². The lowest BCUT2D eigenvalue weighted by Crippen LogP contribution is -2.45. The van der Waals surface area contributed by atoms with Crippen LogP contribution in [0.2, 0.25) is 0 Å². The molecule has 2 aliphatic rings. The van der Waals surface area contributed by atoms with Crippen LogP contribution in [0.15, 0.2) is 24.3 Å². The molecule has 1 aromatic rings. The van der Waals surface area contributed by atoms with Crippen LogP contribution in [-0.2, 0) is 6.42 Å². The fraction of sp³-hybridized carbons (Fsp3) is 0.625. The van der Waals surface area contributed by atoms with E-state index in [2.05, 4.69) is 41.4 Å². The van der Waals surface area contributed by atoms with Gasteiger partial charge in [-0.3, -0.25) is 0 Å². The first-order valence-electron chi connectivity index (χ1n) is 7.55. The number of hydrogen-bond acceptors (Lipinski definition) is 3. The van der Waals surface area contributed by atoms with Crippen LogP contribution in [0.1, 0.15) is 25.3 Å². The van der Waals surface area contributed by atoms with Crippen molar-refractivity contribution in [1.82, 2.24) is 10.2 Å². The average molecular weight is 260 g/mol. The molecule has 19 heavy (non-hydrogen) atoms. The Morgan fingerprint density at radius 1 is 1.26 bits per heavy atom. The van der Waals surface area contributed by atoms with Crippen molar-refractivity contribution in [1.29, 1.82) is 0 Å². The highest BCUT2D eigenvalue weighted by Gasteiger charge is 2.24. The van der Waals surface area contributed by atoms with E-state index in [4.69, 9.17) is 4.74 Å². The van der Waals surface area contributed by atoms with Crippen molar-refractivity contribution in [2.45, 2.75) is 38.3 Å². The fourth-order valence-corrected chi connectivity index (χ4v) is 3.12. The Bertz CT molecular complexity index is 388. The number of fused-ring (bicyclic) bond motifs is 1. The summed E-state index contributed by atoms with van der Waals surface area (Å²) in [5.74, 6) is 1.08. The molecule has 0 bridgehead atoms. The molecule has 3 rings (SSSR count). The molecule has 0 aliphatic carbocycles. The van der Waals surface area contributed by atoms with Gasteiger partial charge in [-0.2, -0.15) is 0 Å². The molecule has 0 aromatic heterocycles. The van der Waals surface area contributed by atoms with Crippen LogP contribution in [0.25, 0.3) is 0 Å². The van der Waals surface area contributed by atoms with Gasteiger partial charge in [0, 0.05) is 19.0 Å². The summed E-state index contributed by atoms with van der Waals surface area (Å²) in [6.07, 6.45) is 3.92. The summed E-state index contributed by atoms with van der Waals surface area (Å²) in [5, 5.41) is 3.69. The van der Waals surface area contributed by atoms with E-state index in [1.54, 1.807) is 0 Å². The number of nitrogens with one attached hydrogen (secondary N) is 1. The summed E-state index contributed by atoms with van der Waals surface area (Å²) >= 11 is 0. The number of ether oxygens (including phenoxy) is 1. The summed E-state index contributed by atoms with van der Waals surface area (Å²) < 4.78 is 5.97. The predicted octanol–water partition coefficient (Wildman–Crippen LogP) is 2.06. The minimum absolute atomic E-state index is 0.321. The van der Waals surface area contributed by atoms with Gasteiger partial charge in [0.25, 0.3) is 0 Å². The molecule has 2 heterocycles. The van der Waals surface area contributed by atoms with Gasteiger partial charge < -0.3 is 15.0 Å². The highest BCUT2D eigenvalue weighted by Crippen LogP contribution is 2.27. The first-order valence-corrected chi connectivity index (χ1v) is 7.55. The number of likely N-dealkylation sites (tertiary alicyclic amines) is 1. The van der Waals surface area contributed by atoms with E-state index in [1.807, 2.05) is 0 Å². The maximum absolute atomic E-state index is 5.97. The summed E-state index contributed by atoms with van der Waals surface area (Å²) in [4.78, 5) is 2.53. The maximum atomic E-state index is 5.97. The Morgan fingerprint density at radius 3 is 2.79 bits per heavy atom. The van der Waals surface area contributed by atoms with Crippen molar-refractivity contribution in [3.05, 3.63) is 29.8 Å². The van der Waals surface area contributed by atoms with E-state index < -0.39 is 0 Å². The van der Waals surface area contributed by atoms with Gasteiger partial charge >= 0.3 is 0 Å². The minimum atomic E-state index is 0.321. The third-order valence-electron chi connectivity index (χ3n) is 4.38. The first-order chi connectivity index (χ1) is 9.35. The summed E-state index contributed by atoms with van der Waals surface area (Å²) in [7, 11) is 0. The molecule has 1 aromatic carbocycles. The standard InChI is InChI=1S/C16H24N2O/c1-2-18-9-7-14(8-10-18)17-12-15-11-13-5-3-4-6-16(13)19-15/h3-6,14-15,17H,2,7-12H2,1H3. The van der Waals surface area contributed by atoms with Crippen LogP contribution >= 0.6 is 0 Å². The zero-order valence-corrected chi connectivity index (χ0v) is 11.8. The first kappa shape index (κ1) is 12.9. The molecule has 3 nitrogen and oxygen atoms in total. The molecular weight excluding hydrogens is 236 g/mol. The van der Waals surface area contributed by atoms with E-state index in [0.717, 1.165) is 18.7 Å². The van der Waals surface area contributed by atoms with Crippen LogP contribution in [0.3, 0.4) is 0 Å². The monoisotopic (exact) mass is 260 g/mol. The Kier molecular flexibility index (Phi) is 4.04. The molecule has 1 saturated heterocycles. The van der Waals surface area contributed by atoms with E-state index in [-0.39, 0.29) is 0 Å². The second kappa shape index (κ2) is 5.93. The van der Waals surface area contributed by atoms with Gasteiger partial charge in [0.05, 0.1) is 0 Å². The normalized spacial score (nSPS) is 24.2. The number of benzene rings is 1. The Hall–Kier alpha value is -1.06. The lowest BCUT2D eigenvalue weighted by atomic mass is 10.0. The molecule has 1 unspecified atom stereocenters. The van der Waals surface area contributed by atoms with Gasteiger partial charge in [0.2, 0.25) is 0 Å². The van der Waals surface area contributed by atoms with Crippen LogP contribution in [0, 0.1) is 0 Å². The zero-order valence-electron chi connectivity index (χ0n) is 11.8. The molecule has 1 atom stereocenters. The van der Waals surface area contributed by atoms with Gasteiger partial charge in [-0.15, -0.1) is 0 Å². The molecule has 1 fully saturated rings. The topological polar surface area (TPSA) is 24.5 Å². The summed E-state index contributed by atoms with van der Waals surface area (Å²) in [6.45, 7) is 6.89. The van der Waals surface area contributed by atoms with Crippen molar-refractivity contribution in [3.63, 3.8) is 0 Å². The largest absolute Gasteiger partial charge is 0.488 e. The van der Waals surface area contributed by atoms with E-state index in [9.17, 15) is 0 Å². The summed E-state index contributed by atoms with van der Waals surface area (Å²) in [6, 6.07) is 9.08. The zero-order chi connectivity index (χ0) is 13.1. The molecule has 0 radical (unpaired) electrons. The molecule has 2 aliphatic heterocycles. The molecule has 0 saturated carbocycles. The highest BCUT2D eigenvalue weighted by molar-refractivity contribution is 5.37. The average Bonchev–Trinajstić information content (AvgIpc) is 2.88. The number of para-hydroxylation sites is 1. The Labute approximate surface area is 115 Å². The van der Waals surface area contributed by atoms with E-state index in [1.165, 1.54) is 38.0 Å². The van der Waals surface area contributed by atoms with Gasteiger partial charge in [0.1, 0.15) is 11.9 Å². The lowest BCUT2D eigenvalue weighted by Gasteiger charge is -2.32. The van der Waals surface area contributed by atoms with Crippen LogP contribution in [0.4, 0.5) is 0 Å². The fourth-order valence-electron chi connectivity index (χ4n) is 3.12. The van der Waals surface area contributed by atoms with Crippen LogP contribution in [0.5, 0.6) is 5.75 Å². The molecule has 3 heteroatoms. The number of hydrogen-bond donors (Lipinski definition) is 1. The minimum Gasteiger partial charge on any atom is -0.488 e.